The average molecular weight is 334 g/mol. The van der Waals surface area contributed by atoms with E-state index in [0.29, 0.717) is 31.9 Å². The molecule has 0 spiro atoms. The van der Waals surface area contributed by atoms with E-state index < -0.39 is 16.1 Å². The molecule has 0 aromatic carbocycles. The van der Waals surface area contributed by atoms with Crippen LogP contribution in [0.1, 0.15) is 20.3 Å². The number of piperidine rings is 1. The summed E-state index contributed by atoms with van der Waals surface area (Å²) in [5.74, 6) is 0.388. The molecular formula is C13H20ClN3O3S. The summed E-state index contributed by atoms with van der Waals surface area (Å²) in [5, 5.41) is 13.0. The fraction of sp³-hybridized carbons (Fsp3) is 0.615. The first kappa shape index (κ1) is 16.5. The van der Waals surface area contributed by atoms with Crippen LogP contribution in [0.2, 0.25) is 5.02 Å². The van der Waals surface area contributed by atoms with Gasteiger partial charge in [-0.1, -0.05) is 18.5 Å². The van der Waals surface area contributed by atoms with Crippen molar-refractivity contribution in [3.05, 3.63) is 17.3 Å². The van der Waals surface area contributed by atoms with Gasteiger partial charge in [0.1, 0.15) is 10.7 Å². The summed E-state index contributed by atoms with van der Waals surface area (Å²) in [7, 11) is -3.63. The Bertz CT molecular complexity index is 609. The van der Waals surface area contributed by atoms with E-state index >= 15 is 0 Å². The van der Waals surface area contributed by atoms with E-state index in [9.17, 15) is 13.5 Å². The number of nitrogens with zero attached hydrogens (tertiary/aromatic N) is 2. The van der Waals surface area contributed by atoms with Crippen LogP contribution >= 0.6 is 11.6 Å². The summed E-state index contributed by atoms with van der Waals surface area (Å²) >= 11 is 6.06. The van der Waals surface area contributed by atoms with Gasteiger partial charge in [-0.05, 0) is 25.3 Å². The molecule has 1 aliphatic heterocycles. The summed E-state index contributed by atoms with van der Waals surface area (Å²) < 4.78 is 26.6. The number of hydrogen-bond donors (Lipinski definition) is 2. The first-order chi connectivity index (χ1) is 9.86. The largest absolute Gasteiger partial charge is 0.393 e. The molecule has 1 aromatic heterocycles. The molecule has 6 nitrogen and oxygen atoms in total. The zero-order chi connectivity index (χ0) is 15.6. The first-order valence-electron chi connectivity index (χ1n) is 6.94. The molecule has 2 rings (SSSR count). The van der Waals surface area contributed by atoms with E-state index in [4.69, 9.17) is 11.6 Å². The molecule has 2 atom stereocenters. The van der Waals surface area contributed by atoms with Crippen molar-refractivity contribution in [1.82, 2.24) is 9.29 Å². The number of aliphatic hydroxyl groups is 1. The number of halogens is 1. The first-order valence-corrected chi connectivity index (χ1v) is 8.75. The third kappa shape index (κ3) is 3.48. The molecule has 2 N–H and O–H groups in total. The summed E-state index contributed by atoms with van der Waals surface area (Å²) in [6.45, 7) is 5.01. The Hall–Kier alpha value is -0.890. The number of aliphatic hydroxyl groups excluding tert-OH is 1. The van der Waals surface area contributed by atoms with Crippen LogP contribution in [0.3, 0.4) is 0 Å². The summed E-state index contributed by atoms with van der Waals surface area (Å²) in [6.07, 6.45) is 1.31. The maximum absolute atomic E-state index is 12.6. The Morgan fingerprint density at radius 2 is 2.29 bits per heavy atom. The number of aromatic nitrogens is 1. The Morgan fingerprint density at radius 3 is 2.86 bits per heavy atom. The van der Waals surface area contributed by atoms with E-state index in [0.717, 1.165) is 0 Å². The second kappa shape index (κ2) is 6.48. The second-order valence-corrected chi connectivity index (χ2v) is 7.57. The molecule has 1 saturated heterocycles. The zero-order valence-electron chi connectivity index (χ0n) is 12.1. The van der Waals surface area contributed by atoms with Crippen molar-refractivity contribution >= 4 is 27.4 Å². The number of nitrogens with one attached hydrogen (secondary N) is 1. The van der Waals surface area contributed by atoms with E-state index in [1.807, 2.05) is 13.8 Å². The van der Waals surface area contributed by atoms with E-state index in [1.165, 1.54) is 16.6 Å². The van der Waals surface area contributed by atoms with Gasteiger partial charge in [0, 0.05) is 25.8 Å². The highest BCUT2D eigenvalue weighted by atomic mass is 35.5. The van der Waals surface area contributed by atoms with Crippen LogP contribution in [-0.2, 0) is 10.0 Å². The van der Waals surface area contributed by atoms with Gasteiger partial charge in [0.25, 0.3) is 0 Å². The highest BCUT2D eigenvalue weighted by molar-refractivity contribution is 7.89. The molecule has 21 heavy (non-hydrogen) atoms. The standard InChI is InChI=1S/C13H20ClN3O3S/c1-3-15-13-11(14)6-10(7-16-13)21(19,20)17-5-4-12(18)9(2)8-17/h6-7,9,12,18H,3-5,8H2,1-2H3,(H,15,16). The monoisotopic (exact) mass is 333 g/mol. The van der Waals surface area contributed by atoms with Crippen LogP contribution in [0.15, 0.2) is 17.2 Å². The van der Waals surface area contributed by atoms with E-state index in [-0.39, 0.29) is 15.8 Å². The van der Waals surface area contributed by atoms with Crippen molar-refractivity contribution < 1.29 is 13.5 Å². The quantitative estimate of drug-likeness (QED) is 0.873. The van der Waals surface area contributed by atoms with Crippen molar-refractivity contribution in [2.45, 2.75) is 31.3 Å². The molecule has 8 heteroatoms. The van der Waals surface area contributed by atoms with E-state index in [2.05, 4.69) is 10.3 Å². The highest BCUT2D eigenvalue weighted by Gasteiger charge is 2.33. The molecule has 1 aliphatic rings. The topological polar surface area (TPSA) is 82.5 Å². The predicted molar refractivity (Wildman–Crippen MR) is 82.0 cm³/mol. The normalized spacial score (nSPS) is 24.0. The average Bonchev–Trinajstić information content (AvgIpc) is 2.44. The lowest BCUT2D eigenvalue weighted by Crippen LogP contribution is -2.44. The molecule has 118 valence electrons. The van der Waals surface area contributed by atoms with Crippen molar-refractivity contribution in [2.75, 3.05) is 25.0 Å². The molecule has 0 radical (unpaired) electrons. The molecule has 0 amide bonds. The molecule has 0 bridgehead atoms. The highest BCUT2D eigenvalue weighted by Crippen LogP contribution is 2.27. The molecule has 0 saturated carbocycles. The summed E-state index contributed by atoms with van der Waals surface area (Å²) in [4.78, 5) is 4.15. The molecule has 1 fully saturated rings. The Morgan fingerprint density at radius 1 is 1.57 bits per heavy atom. The van der Waals surface area contributed by atoms with Gasteiger partial charge in [-0.25, -0.2) is 13.4 Å². The van der Waals surface area contributed by atoms with Crippen LogP contribution in [-0.4, -0.2) is 48.6 Å². The van der Waals surface area contributed by atoms with Crippen molar-refractivity contribution in [1.29, 1.82) is 0 Å². The minimum absolute atomic E-state index is 0.0812. The fourth-order valence-electron chi connectivity index (χ4n) is 2.32. The van der Waals surface area contributed by atoms with Crippen LogP contribution < -0.4 is 5.32 Å². The van der Waals surface area contributed by atoms with Crippen molar-refractivity contribution in [3.63, 3.8) is 0 Å². The second-order valence-electron chi connectivity index (χ2n) is 5.23. The fourth-order valence-corrected chi connectivity index (χ4v) is 4.15. The van der Waals surface area contributed by atoms with Gasteiger partial charge < -0.3 is 10.4 Å². The van der Waals surface area contributed by atoms with E-state index in [1.54, 1.807) is 0 Å². The van der Waals surface area contributed by atoms with Gasteiger partial charge in [0.2, 0.25) is 10.0 Å². The minimum Gasteiger partial charge on any atom is -0.393 e. The number of sulfonamides is 1. The molecular weight excluding hydrogens is 314 g/mol. The lowest BCUT2D eigenvalue weighted by Gasteiger charge is -2.33. The van der Waals surface area contributed by atoms with Crippen molar-refractivity contribution in [2.24, 2.45) is 5.92 Å². The van der Waals surface area contributed by atoms with Crippen LogP contribution in [0.4, 0.5) is 5.82 Å². The Balaban J connectivity index is 2.25. The molecule has 0 aliphatic carbocycles. The summed E-state index contributed by atoms with van der Waals surface area (Å²) in [6, 6.07) is 1.41. The lowest BCUT2D eigenvalue weighted by atomic mass is 9.99. The maximum Gasteiger partial charge on any atom is 0.244 e. The molecule has 1 aromatic rings. The Labute approximate surface area is 130 Å². The van der Waals surface area contributed by atoms with Gasteiger partial charge in [0.15, 0.2) is 0 Å². The number of rotatable bonds is 4. The maximum atomic E-state index is 12.6. The van der Waals surface area contributed by atoms with Gasteiger partial charge in [0.05, 0.1) is 11.1 Å². The van der Waals surface area contributed by atoms with Crippen LogP contribution in [0.25, 0.3) is 0 Å². The smallest absolute Gasteiger partial charge is 0.244 e. The number of anilines is 1. The van der Waals surface area contributed by atoms with Gasteiger partial charge in [-0.15, -0.1) is 0 Å². The molecule has 2 heterocycles. The summed E-state index contributed by atoms with van der Waals surface area (Å²) in [5.41, 5.74) is 0. The molecule has 2 unspecified atom stereocenters. The lowest BCUT2D eigenvalue weighted by molar-refractivity contribution is 0.0628. The van der Waals surface area contributed by atoms with Gasteiger partial charge in [-0.2, -0.15) is 4.31 Å². The van der Waals surface area contributed by atoms with Gasteiger partial charge in [-0.3, -0.25) is 0 Å². The van der Waals surface area contributed by atoms with Crippen LogP contribution in [0, 0.1) is 5.92 Å². The van der Waals surface area contributed by atoms with Gasteiger partial charge >= 0.3 is 0 Å². The predicted octanol–water partition coefficient (Wildman–Crippen LogP) is 1.56. The zero-order valence-corrected chi connectivity index (χ0v) is 13.7. The SMILES string of the molecule is CCNc1ncc(S(=O)(=O)N2CCC(O)C(C)C2)cc1Cl. The third-order valence-electron chi connectivity index (χ3n) is 3.62. The minimum atomic E-state index is -3.63. The number of hydrogen-bond acceptors (Lipinski definition) is 5. The Kier molecular flexibility index (Phi) is 5.08. The third-order valence-corrected chi connectivity index (χ3v) is 5.74. The van der Waals surface area contributed by atoms with Crippen LogP contribution in [0.5, 0.6) is 0 Å². The van der Waals surface area contributed by atoms with Crippen molar-refractivity contribution in [3.8, 4) is 0 Å². The number of pyridine rings is 1.